The summed E-state index contributed by atoms with van der Waals surface area (Å²) < 4.78 is 1.47. The molecule has 0 aromatic carbocycles. The lowest BCUT2D eigenvalue weighted by Gasteiger charge is -2.06. The molecule has 2 rings (SSSR count). The van der Waals surface area contributed by atoms with Gasteiger partial charge >= 0.3 is 5.82 Å². The van der Waals surface area contributed by atoms with Crippen LogP contribution in [0.5, 0.6) is 0 Å². The normalized spacial score (nSPS) is 14.4. The van der Waals surface area contributed by atoms with Gasteiger partial charge in [-0.2, -0.15) is 0 Å². The van der Waals surface area contributed by atoms with Crippen LogP contribution >= 0.6 is 0 Å². The van der Waals surface area contributed by atoms with Crippen molar-refractivity contribution in [3.63, 3.8) is 0 Å². The molecule has 0 saturated heterocycles. The monoisotopic (exact) mass is 239 g/mol. The number of aromatic nitrogens is 2. The van der Waals surface area contributed by atoms with E-state index in [9.17, 15) is 14.9 Å². The van der Waals surface area contributed by atoms with Crippen molar-refractivity contribution in [3.05, 3.63) is 16.4 Å². The van der Waals surface area contributed by atoms with Crippen LogP contribution in [0.25, 0.3) is 0 Å². The zero-order valence-electron chi connectivity index (χ0n) is 9.34. The molecule has 0 spiro atoms. The molecule has 8 heteroatoms. The van der Waals surface area contributed by atoms with Crippen LogP contribution in [-0.4, -0.2) is 33.0 Å². The number of imidazole rings is 1. The second-order valence-electron chi connectivity index (χ2n) is 3.98. The standard InChI is InChI=1S/C9H13N5O3/c1-13-5-11-9(14(16)17)8(13)10-4-7(15)12-6-2-3-6/h5-6,10H,2-4H2,1H3,(H,12,15). The minimum absolute atomic E-state index is 0.0108. The molecule has 8 nitrogen and oxygen atoms in total. The van der Waals surface area contributed by atoms with Gasteiger partial charge in [0.25, 0.3) is 0 Å². The second kappa shape index (κ2) is 4.40. The molecule has 1 fully saturated rings. The Kier molecular flexibility index (Phi) is 2.94. The maximum absolute atomic E-state index is 11.4. The van der Waals surface area contributed by atoms with Gasteiger partial charge in [0.15, 0.2) is 0 Å². The summed E-state index contributed by atoms with van der Waals surface area (Å²) >= 11 is 0. The van der Waals surface area contributed by atoms with Gasteiger partial charge in [-0.15, -0.1) is 0 Å². The van der Waals surface area contributed by atoms with Gasteiger partial charge in [-0.05, 0) is 22.7 Å². The fourth-order valence-corrected chi connectivity index (χ4v) is 1.43. The number of nitrogens with zero attached hydrogens (tertiary/aromatic N) is 3. The predicted octanol–water partition coefficient (Wildman–Crippen LogP) is 0.0188. The van der Waals surface area contributed by atoms with Crippen molar-refractivity contribution in [2.75, 3.05) is 11.9 Å². The van der Waals surface area contributed by atoms with E-state index in [2.05, 4.69) is 15.6 Å². The molecule has 0 unspecified atom stereocenters. The first-order valence-electron chi connectivity index (χ1n) is 5.27. The van der Waals surface area contributed by atoms with Crippen LogP contribution in [0.15, 0.2) is 6.33 Å². The summed E-state index contributed by atoms with van der Waals surface area (Å²) in [5.74, 6) is -0.198. The number of rotatable bonds is 5. The predicted molar refractivity (Wildman–Crippen MR) is 59.5 cm³/mol. The number of anilines is 1. The van der Waals surface area contributed by atoms with Crippen molar-refractivity contribution in [3.8, 4) is 0 Å². The average Bonchev–Trinajstić information content (AvgIpc) is 2.98. The van der Waals surface area contributed by atoms with Gasteiger partial charge in [-0.1, -0.05) is 0 Å². The van der Waals surface area contributed by atoms with Crippen LogP contribution in [-0.2, 0) is 11.8 Å². The van der Waals surface area contributed by atoms with Crippen molar-refractivity contribution in [1.82, 2.24) is 14.9 Å². The van der Waals surface area contributed by atoms with Crippen LogP contribution in [0, 0.1) is 10.1 Å². The Morgan fingerprint density at radius 3 is 3.00 bits per heavy atom. The molecule has 1 aliphatic rings. The Bertz CT molecular complexity index is 451. The third-order valence-electron chi connectivity index (χ3n) is 2.45. The molecule has 17 heavy (non-hydrogen) atoms. The summed E-state index contributed by atoms with van der Waals surface area (Å²) in [6.45, 7) is 0.0108. The SMILES string of the molecule is Cn1cnc([N+](=O)[O-])c1NCC(=O)NC1CC1. The Labute approximate surface area is 97.2 Å². The van der Waals surface area contributed by atoms with Gasteiger partial charge in [0, 0.05) is 13.1 Å². The van der Waals surface area contributed by atoms with Gasteiger partial charge in [0.05, 0.1) is 6.54 Å². The van der Waals surface area contributed by atoms with E-state index in [0.717, 1.165) is 12.8 Å². The van der Waals surface area contributed by atoms with Crippen molar-refractivity contribution >= 4 is 17.5 Å². The first kappa shape index (κ1) is 11.4. The van der Waals surface area contributed by atoms with Crippen molar-refractivity contribution in [2.24, 2.45) is 7.05 Å². The van der Waals surface area contributed by atoms with E-state index in [1.165, 1.54) is 10.9 Å². The third-order valence-corrected chi connectivity index (χ3v) is 2.45. The number of carbonyl (C=O) groups is 1. The molecule has 0 radical (unpaired) electrons. The van der Waals surface area contributed by atoms with Gasteiger partial charge < -0.3 is 20.7 Å². The highest BCUT2D eigenvalue weighted by Crippen LogP contribution is 2.21. The van der Waals surface area contributed by atoms with Gasteiger partial charge in [-0.25, -0.2) is 0 Å². The molecule has 1 amide bonds. The fourth-order valence-electron chi connectivity index (χ4n) is 1.43. The number of hydrogen-bond donors (Lipinski definition) is 2. The van der Waals surface area contributed by atoms with E-state index in [-0.39, 0.29) is 30.1 Å². The molecule has 2 N–H and O–H groups in total. The molecule has 1 saturated carbocycles. The molecule has 92 valence electrons. The lowest BCUT2D eigenvalue weighted by molar-refractivity contribution is -0.388. The summed E-state index contributed by atoms with van der Waals surface area (Å²) in [7, 11) is 1.63. The van der Waals surface area contributed by atoms with Crippen molar-refractivity contribution in [2.45, 2.75) is 18.9 Å². The highest BCUT2D eigenvalue weighted by atomic mass is 16.6. The van der Waals surface area contributed by atoms with E-state index in [0.29, 0.717) is 0 Å². The molecular weight excluding hydrogens is 226 g/mol. The lowest BCUT2D eigenvalue weighted by atomic mass is 10.5. The Hall–Kier alpha value is -2.12. The number of nitrogens with one attached hydrogen (secondary N) is 2. The Morgan fingerprint density at radius 2 is 2.41 bits per heavy atom. The van der Waals surface area contributed by atoms with Gasteiger partial charge in [0.2, 0.25) is 18.1 Å². The average molecular weight is 239 g/mol. The van der Waals surface area contributed by atoms with Gasteiger partial charge in [-0.3, -0.25) is 9.36 Å². The number of hydrogen-bond acceptors (Lipinski definition) is 5. The maximum atomic E-state index is 11.4. The quantitative estimate of drug-likeness (QED) is 0.557. The summed E-state index contributed by atoms with van der Waals surface area (Å²) in [4.78, 5) is 25.1. The van der Waals surface area contributed by atoms with Crippen LogP contribution in [0.1, 0.15) is 12.8 Å². The zero-order chi connectivity index (χ0) is 12.4. The van der Waals surface area contributed by atoms with Gasteiger partial charge in [0.1, 0.15) is 0 Å². The number of nitro groups is 1. The smallest absolute Gasteiger partial charge is 0.358 e. The Balaban J connectivity index is 1.95. The molecule has 1 aromatic rings. The summed E-state index contributed by atoms with van der Waals surface area (Å²) in [6, 6.07) is 0.283. The topological polar surface area (TPSA) is 102 Å². The third kappa shape index (κ3) is 2.71. The van der Waals surface area contributed by atoms with E-state index < -0.39 is 4.92 Å². The highest BCUT2D eigenvalue weighted by Gasteiger charge is 2.24. The summed E-state index contributed by atoms with van der Waals surface area (Å²) in [5.41, 5.74) is 0. The van der Waals surface area contributed by atoms with E-state index in [1.807, 2.05) is 0 Å². The Morgan fingerprint density at radius 1 is 1.71 bits per heavy atom. The number of carbonyl (C=O) groups excluding carboxylic acids is 1. The van der Waals surface area contributed by atoms with E-state index in [1.54, 1.807) is 7.05 Å². The largest absolute Gasteiger partial charge is 0.406 e. The van der Waals surface area contributed by atoms with Crippen LogP contribution in [0.2, 0.25) is 0 Å². The van der Waals surface area contributed by atoms with Crippen LogP contribution < -0.4 is 10.6 Å². The molecule has 0 aliphatic heterocycles. The van der Waals surface area contributed by atoms with E-state index >= 15 is 0 Å². The lowest BCUT2D eigenvalue weighted by Crippen LogP contribution is -2.31. The second-order valence-corrected chi connectivity index (χ2v) is 3.98. The van der Waals surface area contributed by atoms with Crippen LogP contribution in [0.3, 0.4) is 0 Å². The first-order chi connectivity index (χ1) is 8.08. The van der Waals surface area contributed by atoms with Crippen molar-refractivity contribution in [1.29, 1.82) is 0 Å². The molecule has 1 heterocycles. The number of aryl methyl sites for hydroxylation is 1. The van der Waals surface area contributed by atoms with E-state index in [4.69, 9.17) is 0 Å². The molecular formula is C9H13N5O3. The maximum Gasteiger partial charge on any atom is 0.406 e. The first-order valence-corrected chi connectivity index (χ1v) is 5.27. The summed E-state index contributed by atoms with van der Waals surface area (Å²) in [6.07, 6.45) is 3.36. The minimum Gasteiger partial charge on any atom is -0.358 e. The minimum atomic E-state index is -0.582. The molecule has 0 bridgehead atoms. The number of amides is 1. The molecule has 1 aliphatic carbocycles. The van der Waals surface area contributed by atoms with Crippen LogP contribution in [0.4, 0.5) is 11.6 Å². The molecule has 0 atom stereocenters. The fraction of sp³-hybridized carbons (Fsp3) is 0.556. The zero-order valence-corrected chi connectivity index (χ0v) is 9.34. The molecule has 1 aromatic heterocycles. The summed E-state index contributed by atoms with van der Waals surface area (Å²) in [5, 5.41) is 16.2. The highest BCUT2D eigenvalue weighted by molar-refractivity contribution is 5.81. The van der Waals surface area contributed by atoms with Crippen molar-refractivity contribution < 1.29 is 9.72 Å².